The first-order valence-corrected chi connectivity index (χ1v) is 4.86. The van der Waals surface area contributed by atoms with Gasteiger partial charge < -0.3 is 20.7 Å². The highest BCUT2D eigenvalue weighted by atomic mass is 16.5. The van der Waals surface area contributed by atoms with Gasteiger partial charge in [-0.05, 0) is 27.1 Å². The molecule has 14 heavy (non-hydrogen) atoms. The molecule has 0 aromatic rings. The molecule has 3 N–H and O–H groups in total. The van der Waals surface area contributed by atoms with Gasteiger partial charge in [0, 0.05) is 13.1 Å². The van der Waals surface area contributed by atoms with Crippen molar-refractivity contribution in [2.45, 2.75) is 6.42 Å². The fourth-order valence-corrected chi connectivity index (χ4v) is 0.922. The molecule has 5 nitrogen and oxygen atoms in total. The second kappa shape index (κ2) is 8.93. The molecule has 0 spiro atoms. The number of hydrogen-bond acceptors (Lipinski definition) is 4. The molecule has 0 saturated heterocycles. The molecule has 1 amide bonds. The largest absolute Gasteiger partial charge is 0.370 e. The van der Waals surface area contributed by atoms with E-state index >= 15 is 0 Å². The predicted octanol–water partition coefficient (Wildman–Crippen LogP) is -0.970. The number of amides is 1. The predicted molar refractivity (Wildman–Crippen MR) is 56.1 cm³/mol. The quantitative estimate of drug-likeness (QED) is 0.498. The summed E-state index contributed by atoms with van der Waals surface area (Å²) in [6, 6.07) is 0. The van der Waals surface area contributed by atoms with Crippen LogP contribution >= 0.6 is 0 Å². The minimum atomic E-state index is -0.0720. The molecule has 0 saturated carbocycles. The number of nitrogens with zero attached hydrogens (tertiary/aromatic N) is 1. The number of carbonyl (C=O) groups excluding carboxylic acids is 1. The van der Waals surface area contributed by atoms with Crippen LogP contribution in [0.1, 0.15) is 6.42 Å². The van der Waals surface area contributed by atoms with E-state index in [9.17, 15) is 4.79 Å². The lowest BCUT2D eigenvalue weighted by atomic mass is 10.4. The van der Waals surface area contributed by atoms with Gasteiger partial charge in [0.2, 0.25) is 5.91 Å². The van der Waals surface area contributed by atoms with Crippen LogP contribution in [0.2, 0.25) is 0 Å². The number of nitrogens with two attached hydrogens (primary N) is 1. The fourth-order valence-electron chi connectivity index (χ4n) is 0.922. The Labute approximate surface area is 85.6 Å². The lowest BCUT2D eigenvalue weighted by Gasteiger charge is -2.09. The van der Waals surface area contributed by atoms with Crippen LogP contribution in [0, 0.1) is 0 Å². The van der Waals surface area contributed by atoms with Gasteiger partial charge in [-0.2, -0.15) is 0 Å². The third-order valence-electron chi connectivity index (χ3n) is 1.60. The van der Waals surface area contributed by atoms with Crippen LogP contribution < -0.4 is 11.1 Å². The summed E-state index contributed by atoms with van der Waals surface area (Å²) >= 11 is 0. The van der Waals surface area contributed by atoms with Gasteiger partial charge >= 0.3 is 0 Å². The molecule has 0 aromatic carbocycles. The van der Waals surface area contributed by atoms with Crippen molar-refractivity contribution in [3.05, 3.63) is 0 Å². The summed E-state index contributed by atoms with van der Waals surface area (Å²) in [6.45, 7) is 2.67. The Bertz CT molecular complexity index is 151. The fraction of sp³-hybridized carbons (Fsp3) is 0.889. The Morgan fingerprint density at radius 3 is 2.79 bits per heavy atom. The van der Waals surface area contributed by atoms with Gasteiger partial charge in [0.05, 0.1) is 6.61 Å². The third kappa shape index (κ3) is 9.44. The number of nitrogens with one attached hydrogen (secondary N) is 1. The SMILES string of the molecule is CN(C)CCCNC(=O)COCCN. The summed E-state index contributed by atoms with van der Waals surface area (Å²) in [5.41, 5.74) is 5.21. The van der Waals surface area contributed by atoms with E-state index in [1.807, 2.05) is 14.1 Å². The minimum absolute atomic E-state index is 0.0720. The van der Waals surface area contributed by atoms with Crippen LogP contribution in [0.15, 0.2) is 0 Å². The van der Waals surface area contributed by atoms with E-state index in [0.29, 0.717) is 19.7 Å². The van der Waals surface area contributed by atoms with E-state index in [4.69, 9.17) is 10.5 Å². The van der Waals surface area contributed by atoms with E-state index in [0.717, 1.165) is 13.0 Å². The van der Waals surface area contributed by atoms with Gasteiger partial charge in [-0.15, -0.1) is 0 Å². The summed E-state index contributed by atoms with van der Waals surface area (Å²) in [6.07, 6.45) is 0.954. The van der Waals surface area contributed by atoms with Crippen molar-refractivity contribution in [1.82, 2.24) is 10.2 Å². The molecular weight excluding hydrogens is 182 g/mol. The number of hydrogen-bond donors (Lipinski definition) is 2. The van der Waals surface area contributed by atoms with E-state index < -0.39 is 0 Å². The summed E-state index contributed by atoms with van der Waals surface area (Å²) in [4.78, 5) is 13.2. The molecule has 0 fully saturated rings. The molecule has 0 bridgehead atoms. The van der Waals surface area contributed by atoms with Crippen molar-refractivity contribution in [1.29, 1.82) is 0 Å². The van der Waals surface area contributed by atoms with Crippen molar-refractivity contribution in [3.8, 4) is 0 Å². The Morgan fingerprint density at radius 1 is 1.50 bits per heavy atom. The van der Waals surface area contributed by atoms with Gasteiger partial charge in [0.1, 0.15) is 6.61 Å². The van der Waals surface area contributed by atoms with E-state index in [1.54, 1.807) is 0 Å². The standard InChI is InChI=1S/C9H21N3O2/c1-12(2)6-3-5-11-9(13)8-14-7-4-10/h3-8,10H2,1-2H3,(H,11,13). The molecule has 0 aliphatic carbocycles. The molecule has 0 heterocycles. The maximum Gasteiger partial charge on any atom is 0.245 e. The highest BCUT2D eigenvalue weighted by Crippen LogP contribution is 1.81. The van der Waals surface area contributed by atoms with E-state index in [1.165, 1.54) is 0 Å². The van der Waals surface area contributed by atoms with Crippen LogP contribution in [0.25, 0.3) is 0 Å². The average molecular weight is 203 g/mol. The second-order valence-electron chi connectivity index (χ2n) is 3.35. The van der Waals surface area contributed by atoms with Crippen LogP contribution in [0.3, 0.4) is 0 Å². The topological polar surface area (TPSA) is 67.6 Å². The summed E-state index contributed by atoms with van der Waals surface area (Å²) < 4.78 is 4.98. The third-order valence-corrected chi connectivity index (χ3v) is 1.60. The first-order chi connectivity index (χ1) is 6.66. The maximum absolute atomic E-state index is 11.1. The molecule has 5 heteroatoms. The first kappa shape index (κ1) is 13.4. The zero-order valence-electron chi connectivity index (χ0n) is 9.08. The Kier molecular flexibility index (Phi) is 8.51. The summed E-state index contributed by atoms with van der Waals surface area (Å²) in [5.74, 6) is -0.0720. The van der Waals surface area contributed by atoms with Gasteiger partial charge in [0.25, 0.3) is 0 Å². The second-order valence-corrected chi connectivity index (χ2v) is 3.35. The number of ether oxygens (including phenoxy) is 1. The first-order valence-electron chi connectivity index (χ1n) is 4.86. The number of carbonyl (C=O) groups is 1. The lowest BCUT2D eigenvalue weighted by Crippen LogP contribution is -2.30. The zero-order chi connectivity index (χ0) is 10.8. The zero-order valence-corrected chi connectivity index (χ0v) is 9.08. The summed E-state index contributed by atoms with van der Waals surface area (Å²) in [5, 5.41) is 2.77. The molecule has 84 valence electrons. The molecule has 0 atom stereocenters. The van der Waals surface area contributed by atoms with Crippen LogP contribution in [-0.2, 0) is 9.53 Å². The van der Waals surface area contributed by atoms with Crippen molar-refractivity contribution < 1.29 is 9.53 Å². The normalized spacial score (nSPS) is 10.6. The number of rotatable bonds is 8. The van der Waals surface area contributed by atoms with Crippen molar-refractivity contribution in [2.24, 2.45) is 5.73 Å². The molecular formula is C9H21N3O2. The van der Waals surface area contributed by atoms with Gasteiger partial charge in [-0.25, -0.2) is 0 Å². The molecule has 0 radical (unpaired) electrons. The summed E-state index contributed by atoms with van der Waals surface area (Å²) in [7, 11) is 4.01. The molecule has 0 rings (SSSR count). The van der Waals surface area contributed by atoms with Gasteiger partial charge in [-0.1, -0.05) is 0 Å². The molecule has 0 aliphatic rings. The van der Waals surface area contributed by atoms with Crippen LogP contribution in [-0.4, -0.2) is 57.8 Å². The lowest BCUT2D eigenvalue weighted by molar-refractivity contribution is -0.125. The highest BCUT2D eigenvalue weighted by Gasteiger charge is 1.99. The van der Waals surface area contributed by atoms with E-state index in [2.05, 4.69) is 10.2 Å². The minimum Gasteiger partial charge on any atom is -0.370 e. The maximum atomic E-state index is 11.1. The van der Waals surface area contributed by atoms with Crippen LogP contribution in [0.4, 0.5) is 0 Å². The Morgan fingerprint density at radius 2 is 2.21 bits per heavy atom. The Hall–Kier alpha value is -0.650. The van der Waals surface area contributed by atoms with Gasteiger partial charge in [0.15, 0.2) is 0 Å². The average Bonchev–Trinajstić information content (AvgIpc) is 2.13. The molecule has 0 aliphatic heterocycles. The van der Waals surface area contributed by atoms with E-state index in [-0.39, 0.29) is 12.5 Å². The highest BCUT2D eigenvalue weighted by molar-refractivity contribution is 5.77. The van der Waals surface area contributed by atoms with Crippen molar-refractivity contribution >= 4 is 5.91 Å². The van der Waals surface area contributed by atoms with Crippen molar-refractivity contribution in [2.75, 3.05) is 46.9 Å². The monoisotopic (exact) mass is 203 g/mol. The van der Waals surface area contributed by atoms with Crippen molar-refractivity contribution in [3.63, 3.8) is 0 Å². The van der Waals surface area contributed by atoms with Crippen LogP contribution in [0.5, 0.6) is 0 Å². The molecule has 0 aromatic heterocycles. The molecule has 0 unspecified atom stereocenters. The van der Waals surface area contributed by atoms with Gasteiger partial charge in [-0.3, -0.25) is 4.79 Å². The Balaban J connectivity index is 3.18. The smallest absolute Gasteiger partial charge is 0.245 e.